The average Bonchev–Trinajstić information content (AvgIpc) is 3.40. The van der Waals surface area contributed by atoms with Gasteiger partial charge in [0.2, 0.25) is 0 Å². The molecule has 0 radical (unpaired) electrons. The molecule has 3 aromatic rings. The molecule has 2 aromatic carbocycles. The number of carbonyl (C=O) groups is 3. The molecule has 0 saturated carbocycles. The van der Waals surface area contributed by atoms with Crippen molar-refractivity contribution < 1.29 is 28.6 Å². The maximum atomic E-state index is 14.2. The van der Waals surface area contributed by atoms with Gasteiger partial charge in [-0.3, -0.25) is 23.9 Å². The summed E-state index contributed by atoms with van der Waals surface area (Å²) in [5, 5.41) is 0. The Morgan fingerprint density at radius 3 is 2.42 bits per heavy atom. The monoisotopic (exact) mass is 561 g/mol. The van der Waals surface area contributed by atoms with Crippen LogP contribution in [-0.2, 0) is 23.9 Å². The summed E-state index contributed by atoms with van der Waals surface area (Å²) in [7, 11) is 1.51. The summed E-state index contributed by atoms with van der Waals surface area (Å²) in [6.07, 6.45) is 0. The lowest BCUT2D eigenvalue weighted by molar-refractivity contribution is -0.142. The van der Waals surface area contributed by atoms with Gasteiger partial charge in [0.1, 0.15) is 22.9 Å². The van der Waals surface area contributed by atoms with Crippen LogP contribution in [0.25, 0.3) is 5.57 Å². The number of allylic oxidation sites excluding steroid dienone is 1. The van der Waals surface area contributed by atoms with E-state index in [-0.39, 0.29) is 35.4 Å². The maximum absolute atomic E-state index is 14.2. The number of benzene rings is 2. The van der Waals surface area contributed by atoms with Crippen molar-refractivity contribution in [1.82, 2.24) is 4.57 Å². The predicted octanol–water partition coefficient (Wildman–Crippen LogP) is 2.09. The summed E-state index contributed by atoms with van der Waals surface area (Å²) in [4.78, 5) is 59.7. The first-order chi connectivity index (χ1) is 19.3. The van der Waals surface area contributed by atoms with Crippen LogP contribution in [0.5, 0.6) is 5.75 Å². The van der Waals surface area contributed by atoms with Crippen LogP contribution in [0.2, 0.25) is 0 Å². The zero-order chi connectivity index (χ0) is 28.6. The van der Waals surface area contributed by atoms with Gasteiger partial charge in [0, 0.05) is 11.1 Å². The van der Waals surface area contributed by atoms with Crippen LogP contribution in [-0.4, -0.2) is 49.3 Å². The SMILES string of the molecule is CCOC(=O)CN1C(=O)/C(=c2/sc3n(c2=O)[C@@H](c2ccccc2OC)C(C(=O)OCC)=C(C)N=3)c2ccccc21. The smallest absolute Gasteiger partial charge is 0.338 e. The topological polar surface area (TPSA) is 116 Å². The van der Waals surface area contributed by atoms with Crippen molar-refractivity contribution in [2.24, 2.45) is 4.99 Å². The normalized spacial score (nSPS) is 17.2. The predicted molar refractivity (Wildman–Crippen MR) is 148 cm³/mol. The Morgan fingerprint density at radius 1 is 1.00 bits per heavy atom. The second-order valence-corrected chi connectivity index (χ2v) is 9.93. The highest BCUT2D eigenvalue weighted by atomic mass is 32.1. The number of anilines is 1. The lowest BCUT2D eigenvalue weighted by atomic mass is 9.95. The molecule has 5 rings (SSSR count). The number of thiazole rings is 1. The molecule has 3 heterocycles. The Labute approximate surface area is 233 Å². The molecule has 0 fully saturated rings. The molecule has 2 aliphatic rings. The number of esters is 2. The molecule has 0 spiro atoms. The Balaban J connectivity index is 1.78. The molecule has 0 N–H and O–H groups in total. The van der Waals surface area contributed by atoms with Crippen molar-refractivity contribution in [3.63, 3.8) is 0 Å². The highest BCUT2D eigenvalue weighted by molar-refractivity contribution is 7.07. The fourth-order valence-corrected chi connectivity index (χ4v) is 6.16. The molecular weight excluding hydrogens is 534 g/mol. The molecule has 0 aliphatic carbocycles. The van der Waals surface area contributed by atoms with Crippen molar-refractivity contribution in [3.8, 4) is 5.75 Å². The fourth-order valence-electron chi connectivity index (χ4n) is 5.02. The average molecular weight is 562 g/mol. The minimum absolute atomic E-state index is 0.143. The van der Waals surface area contributed by atoms with E-state index in [1.165, 1.54) is 16.6 Å². The number of para-hydroxylation sites is 2. The van der Waals surface area contributed by atoms with Gasteiger partial charge in [-0.25, -0.2) is 9.79 Å². The number of nitrogens with zero attached hydrogens (tertiary/aromatic N) is 3. The zero-order valence-corrected chi connectivity index (χ0v) is 23.2. The van der Waals surface area contributed by atoms with E-state index in [1.807, 2.05) is 0 Å². The number of methoxy groups -OCH3 is 1. The number of rotatable bonds is 7. The summed E-state index contributed by atoms with van der Waals surface area (Å²) >= 11 is 1.06. The Bertz CT molecular complexity index is 1750. The highest BCUT2D eigenvalue weighted by Crippen LogP contribution is 2.37. The third kappa shape index (κ3) is 4.41. The molecule has 40 heavy (non-hydrogen) atoms. The van der Waals surface area contributed by atoms with Crippen LogP contribution in [0.3, 0.4) is 0 Å². The molecule has 11 heteroatoms. The number of hydrogen-bond donors (Lipinski definition) is 0. The van der Waals surface area contributed by atoms with Crippen LogP contribution < -0.4 is 24.5 Å². The van der Waals surface area contributed by atoms with E-state index in [0.717, 1.165) is 11.3 Å². The van der Waals surface area contributed by atoms with Gasteiger partial charge < -0.3 is 14.2 Å². The molecule has 1 atom stereocenters. The van der Waals surface area contributed by atoms with E-state index in [0.29, 0.717) is 33.1 Å². The van der Waals surface area contributed by atoms with Crippen LogP contribution >= 0.6 is 11.3 Å². The van der Waals surface area contributed by atoms with Crippen molar-refractivity contribution in [3.05, 3.63) is 90.6 Å². The van der Waals surface area contributed by atoms with Crippen LogP contribution in [0, 0.1) is 0 Å². The highest BCUT2D eigenvalue weighted by Gasteiger charge is 2.38. The standard InChI is InChI=1S/C29H27N3O7S/c1-5-38-21(33)15-31-19-13-9-7-11-17(19)23(26(31)34)25-27(35)32-24(18-12-8-10-14-20(18)37-4)22(28(36)39-6-2)16(3)30-29(32)40-25/h7-14,24H,5-6,15H2,1-4H3/b25-23+/t24-/m0/s1. The number of fused-ring (bicyclic) bond motifs is 2. The molecule has 0 bridgehead atoms. The van der Waals surface area contributed by atoms with E-state index in [9.17, 15) is 19.2 Å². The van der Waals surface area contributed by atoms with Gasteiger partial charge in [-0.05, 0) is 32.9 Å². The first-order valence-electron chi connectivity index (χ1n) is 12.7. The van der Waals surface area contributed by atoms with Gasteiger partial charge in [0.15, 0.2) is 4.80 Å². The van der Waals surface area contributed by atoms with Crippen LogP contribution in [0.1, 0.15) is 37.9 Å². The fraction of sp³-hybridized carbons (Fsp3) is 0.276. The lowest BCUT2D eigenvalue weighted by Gasteiger charge is -2.25. The number of hydrogen-bond acceptors (Lipinski definition) is 9. The minimum Gasteiger partial charge on any atom is -0.496 e. The first kappa shape index (κ1) is 27.1. The van der Waals surface area contributed by atoms with E-state index in [1.54, 1.807) is 69.3 Å². The molecule has 1 amide bonds. The summed E-state index contributed by atoms with van der Waals surface area (Å²) < 4.78 is 17.6. The van der Waals surface area contributed by atoms with E-state index in [4.69, 9.17) is 14.2 Å². The minimum atomic E-state index is -0.900. The van der Waals surface area contributed by atoms with Crippen molar-refractivity contribution in [1.29, 1.82) is 0 Å². The van der Waals surface area contributed by atoms with Gasteiger partial charge in [-0.15, -0.1) is 0 Å². The summed E-state index contributed by atoms with van der Waals surface area (Å²) in [6, 6.07) is 13.2. The lowest BCUT2D eigenvalue weighted by Crippen LogP contribution is -2.41. The number of ether oxygens (including phenoxy) is 3. The van der Waals surface area contributed by atoms with Crippen LogP contribution in [0.4, 0.5) is 5.69 Å². The molecular formula is C29H27N3O7S. The van der Waals surface area contributed by atoms with E-state index >= 15 is 0 Å². The summed E-state index contributed by atoms with van der Waals surface area (Å²) in [6.45, 7) is 5.11. The zero-order valence-electron chi connectivity index (χ0n) is 22.4. The Kier molecular flexibility index (Phi) is 7.40. The van der Waals surface area contributed by atoms with Gasteiger partial charge in [0.25, 0.3) is 11.5 Å². The van der Waals surface area contributed by atoms with Crippen molar-refractivity contribution >= 4 is 40.4 Å². The largest absolute Gasteiger partial charge is 0.496 e. The van der Waals surface area contributed by atoms with Gasteiger partial charge in [-0.1, -0.05) is 47.7 Å². The molecule has 10 nitrogen and oxygen atoms in total. The summed E-state index contributed by atoms with van der Waals surface area (Å²) in [5.74, 6) is -1.17. The van der Waals surface area contributed by atoms with Crippen molar-refractivity contribution in [2.45, 2.75) is 26.8 Å². The van der Waals surface area contributed by atoms with Gasteiger partial charge in [-0.2, -0.15) is 0 Å². The van der Waals surface area contributed by atoms with Crippen molar-refractivity contribution in [2.75, 3.05) is 31.8 Å². The molecule has 1 aromatic heterocycles. The van der Waals surface area contributed by atoms with Gasteiger partial charge >= 0.3 is 11.9 Å². The third-order valence-electron chi connectivity index (χ3n) is 6.67. The first-order valence-corrected chi connectivity index (χ1v) is 13.6. The molecule has 0 saturated heterocycles. The Morgan fingerprint density at radius 2 is 1.70 bits per heavy atom. The molecule has 206 valence electrons. The van der Waals surface area contributed by atoms with Crippen LogP contribution in [0.15, 0.2) is 69.6 Å². The van der Waals surface area contributed by atoms with E-state index < -0.39 is 29.4 Å². The second-order valence-electron chi connectivity index (χ2n) is 8.95. The summed E-state index contributed by atoms with van der Waals surface area (Å²) in [5.41, 5.74) is 1.88. The Hall–Kier alpha value is -4.51. The van der Waals surface area contributed by atoms with E-state index in [2.05, 4.69) is 4.99 Å². The number of amides is 1. The quantitative estimate of drug-likeness (QED) is 0.406. The maximum Gasteiger partial charge on any atom is 0.338 e. The molecule has 0 unspecified atom stereocenters. The number of carbonyl (C=O) groups excluding carboxylic acids is 3. The van der Waals surface area contributed by atoms with Gasteiger partial charge in [0.05, 0.1) is 42.9 Å². The third-order valence-corrected chi connectivity index (χ3v) is 7.72. The molecule has 2 aliphatic heterocycles. The second kappa shape index (κ2) is 10.9. The number of aromatic nitrogens is 1.